The third-order valence-electron chi connectivity index (χ3n) is 2.37. The summed E-state index contributed by atoms with van der Waals surface area (Å²) >= 11 is 0. The second-order valence-corrected chi connectivity index (χ2v) is 5.63. The Hall–Kier alpha value is -1.55. The Morgan fingerprint density at radius 2 is 2.00 bits per heavy atom. The van der Waals surface area contributed by atoms with Crippen LogP contribution in [0.4, 0.5) is 13.2 Å². The van der Waals surface area contributed by atoms with Gasteiger partial charge < -0.3 is 10.3 Å². The molecule has 1 rings (SSSR count). The number of rotatable bonds is 4. The number of hydrogen-bond acceptors (Lipinski definition) is 3. The van der Waals surface area contributed by atoms with E-state index in [0.717, 1.165) is 16.8 Å². The first-order valence-electron chi connectivity index (χ1n) is 5.00. The molecule has 0 bridgehead atoms. The highest BCUT2D eigenvalue weighted by Crippen LogP contribution is 2.22. The fourth-order valence-corrected chi connectivity index (χ4v) is 2.59. The van der Waals surface area contributed by atoms with E-state index < -0.39 is 33.0 Å². The minimum atomic E-state index is -4.70. The molecule has 1 aromatic heterocycles. The van der Waals surface area contributed by atoms with Crippen LogP contribution < -0.4 is 10.5 Å². The minimum absolute atomic E-state index is 0.125. The lowest BCUT2D eigenvalue weighted by atomic mass is 10.4. The number of aromatic nitrogens is 1. The van der Waals surface area contributed by atoms with Crippen LogP contribution in [0.5, 0.6) is 0 Å². The summed E-state index contributed by atoms with van der Waals surface area (Å²) in [5, 5.41) is 0. The molecule has 0 spiro atoms. The van der Waals surface area contributed by atoms with Crippen LogP contribution >= 0.6 is 0 Å². The third-order valence-corrected chi connectivity index (χ3v) is 3.87. The highest BCUT2D eigenvalue weighted by molar-refractivity contribution is 7.89. The molecule has 0 aliphatic rings. The number of nitrogens with one attached hydrogen (secondary N) is 1. The molecule has 1 amide bonds. The lowest BCUT2D eigenvalue weighted by Gasteiger charge is -2.16. The van der Waals surface area contributed by atoms with Crippen molar-refractivity contribution in [1.82, 2.24) is 9.29 Å². The largest absolute Gasteiger partial charge is 0.404 e. The third kappa shape index (κ3) is 3.47. The molecule has 1 heterocycles. The summed E-state index contributed by atoms with van der Waals surface area (Å²) in [6.07, 6.45) is -3.69. The number of carbonyl (C=O) groups excluding carboxylic acids is 1. The van der Waals surface area contributed by atoms with E-state index in [1.807, 2.05) is 0 Å². The topological polar surface area (TPSA) is 94.2 Å². The number of primary amides is 1. The molecule has 1 atom stereocenters. The molecule has 0 radical (unpaired) electrons. The van der Waals surface area contributed by atoms with Crippen molar-refractivity contribution in [3.05, 3.63) is 18.0 Å². The van der Waals surface area contributed by atoms with Crippen LogP contribution in [0.1, 0.15) is 17.4 Å². The zero-order chi connectivity index (χ0) is 15.0. The molecule has 0 saturated carbocycles. The van der Waals surface area contributed by atoms with Gasteiger partial charge in [0.2, 0.25) is 10.0 Å². The monoisotopic (exact) mass is 299 g/mol. The van der Waals surface area contributed by atoms with Gasteiger partial charge >= 0.3 is 6.18 Å². The van der Waals surface area contributed by atoms with Gasteiger partial charge in [-0.25, -0.2) is 8.42 Å². The molecule has 10 heteroatoms. The predicted octanol–water partition coefficient (Wildman–Crippen LogP) is 0.353. The summed E-state index contributed by atoms with van der Waals surface area (Å²) in [5.41, 5.74) is 4.86. The fraction of sp³-hybridized carbons (Fsp3) is 0.444. The van der Waals surface area contributed by atoms with Gasteiger partial charge in [0, 0.05) is 13.2 Å². The maximum Gasteiger partial charge on any atom is 0.404 e. The highest BCUT2D eigenvalue weighted by Gasteiger charge is 2.39. The van der Waals surface area contributed by atoms with Gasteiger partial charge in [-0.05, 0) is 13.0 Å². The SMILES string of the molecule is C[C@@H](NS(=O)(=O)c1cc(C(N)=O)n(C)c1)C(F)(F)F. The molecule has 19 heavy (non-hydrogen) atoms. The Labute approximate surface area is 107 Å². The van der Waals surface area contributed by atoms with Crippen molar-refractivity contribution < 1.29 is 26.4 Å². The van der Waals surface area contributed by atoms with Crippen molar-refractivity contribution >= 4 is 15.9 Å². The lowest BCUT2D eigenvalue weighted by molar-refractivity contribution is -0.147. The van der Waals surface area contributed by atoms with E-state index in [1.165, 1.54) is 11.8 Å². The van der Waals surface area contributed by atoms with Crippen molar-refractivity contribution in [3.8, 4) is 0 Å². The van der Waals surface area contributed by atoms with E-state index in [9.17, 15) is 26.4 Å². The molecule has 0 unspecified atom stereocenters. The van der Waals surface area contributed by atoms with E-state index in [-0.39, 0.29) is 5.69 Å². The first-order valence-corrected chi connectivity index (χ1v) is 6.48. The van der Waals surface area contributed by atoms with Gasteiger partial charge in [0.25, 0.3) is 5.91 Å². The van der Waals surface area contributed by atoms with Crippen LogP contribution in [0.25, 0.3) is 0 Å². The predicted molar refractivity (Wildman–Crippen MR) is 59.8 cm³/mol. The van der Waals surface area contributed by atoms with Crippen molar-refractivity contribution in [1.29, 1.82) is 0 Å². The zero-order valence-corrected chi connectivity index (χ0v) is 10.8. The number of halogens is 3. The molecule has 6 nitrogen and oxygen atoms in total. The highest BCUT2D eigenvalue weighted by atomic mass is 32.2. The van der Waals surface area contributed by atoms with Gasteiger partial charge in [0.05, 0.1) is 0 Å². The van der Waals surface area contributed by atoms with Crippen LogP contribution in [-0.2, 0) is 17.1 Å². The first-order chi connectivity index (χ1) is 8.45. The number of hydrogen-bond donors (Lipinski definition) is 2. The maximum atomic E-state index is 12.3. The van der Waals surface area contributed by atoms with Crippen molar-refractivity contribution in [2.75, 3.05) is 0 Å². The number of alkyl halides is 3. The Morgan fingerprint density at radius 3 is 2.37 bits per heavy atom. The van der Waals surface area contributed by atoms with Crippen LogP contribution in [-0.4, -0.2) is 31.1 Å². The normalized spacial score (nSPS) is 14.4. The molecule has 108 valence electrons. The average molecular weight is 299 g/mol. The lowest BCUT2D eigenvalue weighted by Crippen LogP contribution is -2.42. The first kappa shape index (κ1) is 15.5. The zero-order valence-electron chi connectivity index (χ0n) is 10.0. The Balaban J connectivity index is 3.08. The van der Waals surface area contributed by atoms with E-state index in [0.29, 0.717) is 6.92 Å². The molecule has 0 aliphatic carbocycles. The molecule has 1 aromatic rings. The molecular weight excluding hydrogens is 287 g/mol. The van der Waals surface area contributed by atoms with E-state index in [4.69, 9.17) is 5.73 Å². The summed E-state index contributed by atoms with van der Waals surface area (Å²) in [5.74, 6) is -0.882. The molecule has 0 aromatic carbocycles. The van der Waals surface area contributed by atoms with Gasteiger partial charge in [-0.15, -0.1) is 0 Å². The summed E-state index contributed by atoms with van der Waals surface area (Å²) < 4.78 is 62.9. The fourth-order valence-electron chi connectivity index (χ4n) is 1.29. The number of nitrogens with two attached hydrogens (primary N) is 1. The van der Waals surface area contributed by atoms with E-state index >= 15 is 0 Å². The Kier molecular flexibility index (Phi) is 3.96. The minimum Gasteiger partial charge on any atom is -0.364 e. The van der Waals surface area contributed by atoms with Gasteiger partial charge in [0.1, 0.15) is 16.6 Å². The van der Waals surface area contributed by atoms with E-state index in [1.54, 1.807) is 0 Å². The van der Waals surface area contributed by atoms with Gasteiger partial charge in [0.15, 0.2) is 0 Å². The van der Waals surface area contributed by atoms with Crippen LogP contribution in [0.3, 0.4) is 0 Å². The molecule has 0 aliphatic heterocycles. The Bertz CT molecular complexity index is 592. The number of nitrogens with zero attached hydrogens (tertiary/aromatic N) is 1. The van der Waals surface area contributed by atoms with Gasteiger partial charge in [-0.3, -0.25) is 4.79 Å². The Morgan fingerprint density at radius 1 is 1.47 bits per heavy atom. The standard InChI is InChI=1S/C9H12F3N3O3S/c1-5(9(10,11)12)14-19(17,18)6-3-7(8(13)16)15(2)4-6/h3-5,14H,1-2H3,(H2,13,16)/t5-/m1/s1. The second-order valence-electron chi connectivity index (χ2n) is 3.92. The number of carbonyl (C=O) groups is 1. The van der Waals surface area contributed by atoms with Crippen molar-refractivity contribution in [2.45, 2.75) is 24.0 Å². The van der Waals surface area contributed by atoms with Crippen molar-refractivity contribution in [2.24, 2.45) is 12.8 Å². The summed E-state index contributed by atoms with van der Waals surface area (Å²) in [7, 11) is -3.02. The van der Waals surface area contributed by atoms with E-state index in [2.05, 4.69) is 0 Å². The maximum absolute atomic E-state index is 12.3. The van der Waals surface area contributed by atoms with Crippen molar-refractivity contribution in [3.63, 3.8) is 0 Å². The second kappa shape index (κ2) is 4.85. The number of sulfonamides is 1. The summed E-state index contributed by atoms with van der Waals surface area (Å²) in [6.45, 7) is 0.676. The van der Waals surface area contributed by atoms with Crippen LogP contribution in [0.15, 0.2) is 17.2 Å². The number of amides is 1. The van der Waals surface area contributed by atoms with Gasteiger partial charge in [-0.1, -0.05) is 0 Å². The van der Waals surface area contributed by atoms with Crippen LogP contribution in [0, 0.1) is 0 Å². The van der Waals surface area contributed by atoms with Crippen LogP contribution in [0.2, 0.25) is 0 Å². The molecule has 0 saturated heterocycles. The van der Waals surface area contributed by atoms with Gasteiger partial charge in [-0.2, -0.15) is 17.9 Å². The summed E-state index contributed by atoms with van der Waals surface area (Å²) in [6, 6.07) is -1.33. The summed E-state index contributed by atoms with van der Waals surface area (Å²) in [4.78, 5) is 10.5. The molecule has 0 fully saturated rings. The molecular formula is C9H12F3N3O3S. The quantitative estimate of drug-likeness (QED) is 0.840. The smallest absolute Gasteiger partial charge is 0.364 e. The number of aryl methyl sites for hydroxylation is 1. The molecule has 3 N–H and O–H groups in total. The average Bonchev–Trinajstić information content (AvgIpc) is 2.58.